The monoisotopic (exact) mass is 480 g/mol. The third-order valence-corrected chi connectivity index (χ3v) is 6.26. The second kappa shape index (κ2) is 11.8. The Morgan fingerprint density at radius 1 is 0.857 bits per heavy atom. The van der Waals surface area contributed by atoms with Crippen molar-refractivity contribution in [3.8, 4) is 5.75 Å². The normalized spacial score (nSPS) is 17.5. The van der Waals surface area contributed by atoms with Crippen LogP contribution in [0.3, 0.4) is 0 Å². The number of rotatable bonds is 6. The molecule has 9 nitrogen and oxygen atoms in total. The van der Waals surface area contributed by atoms with Crippen molar-refractivity contribution in [3.05, 3.63) is 60.2 Å². The molecule has 186 valence electrons. The Kier molecular flexibility index (Phi) is 8.33. The maximum absolute atomic E-state index is 13.5. The van der Waals surface area contributed by atoms with Gasteiger partial charge in [0.2, 0.25) is 5.91 Å². The topological polar surface area (TPSA) is 91.4 Å². The number of hydrogen-bond donors (Lipinski definition) is 1. The SMILES string of the molecule is CCOc1ccccc1NC(=O)C(c1ccccc1)N1CCN(C(=O)C(=O)N2CCOCC2)CC1. The molecule has 0 radical (unpaired) electrons. The first-order valence-corrected chi connectivity index (χ1v) is 12.1. The zero-order chi connectivity index (χ0) is 24.6. The summed E-state index contributed by atoms with van der Waals surface area (Å²) in [7, 11) is 0. The molecule has 1 unspecified atom stereocenters. The van der Waals surface area contributed by atoms with Crippen LogP contribution in [0.5, 0.6) is 5.75 Å². The molecule has 1 atom stereocenters. The predicted molar refractivity (Wildman–Crippen MR) is 131 cm³/mol. The van der Waals surface area contributed by atoms with Crippen LogP contribution in [-0.4, -0.2) is 91.5 Å². The summed E-state index contributed by atoms with van der Waals surface area (Å²) in [6.07, 6.45) is 0. The molecule has 2 saturated heterocycles. The summed E-state index contributed by atoms with van der Waals surface area (Å²) < 4.78 is 10.9. The van der Waals surface area contributed by atoms with Gasteiger partial charge in [-0.1, -0.05) is 42.5 Å². The van der Waals surface area contributed by atoms with Crippen LogP contribution in [0.1, 0.15) is 18.5 Å². The van der Waals surface area contributed by atoms with Gasteiger partial charge in [0.05, 0.1) is 25.5 Å². The molecule has 0 aromatic heterocycles. The van der Waals surface area contributed by atoms with Crippen LogP contribution in [0.2, 0.25) is 0 Å². The van der Waals surface area contributed by atoms with E-state index in [1.807, 2.05) is 61.5 Å². The first-order valence-electron chi connectivity index (χ1n) is 12.1. The molecule has 2 fully saturated rings. The summed E-state index contributed by atoms with van der Waals surface area (Å²) in [6.45, 7) is 5.87. The van der Waals surface area contributed by atoms with Crippen LogP contribution >= 0.6 is 0 Å². The van der Waals surface area contributed by atoms with E-state index in [2.05, 4.69) is 10.2 Å². The maximum atomic E-state index is 13.5. The smallest absolute Gasteiger partial charge is 0.312 e. The molecule has 2 aromatic carbocycles. The van der Waals surface area contributed by atoms with Crippen LogP contribution in [0, 0.1) is 0 Å². The number of carbonyl (C=O) groups excluding carboxylic acids is 3. The number of hydrogen-bond acceptors (Lipinski definition) is 6. The number of amides is 3. The van der Waals surface area contributed by atoms with Crippen molar-refractivity contribution in [2.24, 2.45) is 0 Å². The van der Waals surface area contributed by atoms with Crippen molar-refractivity contribution in [1.29, 1.82) is 0 Å². The number of anilines is 1. The third-order valence-electron chi connectivity index (χ3n) is 6.26. The van der Waals surface area contributed by atoms with Crippen molar-refractivity contribution in [3.63, 3.8) is 0 Å². The largest absolute Gasteiger partial charge is 0.492 e. The van der Waals surface area contributed by atoms with Crippen LogP contribution in [0.4, 0.5) is 5.69 Å². The zero-order valence-electron chi connectivity index (χ0n) is 20.0. The summed E-state index contributed by atoms with van der Waals surface area (Å²) in [6, 6.07) is 16.4. The van der Waals surface area contributed by atoms with Crippen LogP contribution in [0.25, 0.3) is 0 Å². The summed E-state index contributed by atoms with van der Waals surface area (Å²) >= 11 is 0. The number of piperazine rings is 1. The van der Waals surface area contributed by atoms with E-state index in [4.69, 9.17) is 9.47 Å². The molecule has 9 heteroatoms. The van der Waals surface area contributed by atoms with Crippen LogP contribution < -0.4 is 10.1 Å². The van der Waals surface area contributed by atoms with Gasteiger partial charge in [0.1, 0.15) is 11.8 Å². The average molecular weight is 481 g/mol. The molecule has 4 rings (SSSR count). The molecule has 0 aliphatic carbocycles. The van der Waals surface area contributed by atoms with E-state index in [1.54, 1.807) is 9.80 Å². The standard InChI is InChI=1S/C26H32N4O5/c1-2-35-22-11-7-6-10-21(22)27-24(31)23(20-8-4-3-5-9-20)28-12-14-29(15-13-28)25(32)26(33)30-16-18-34-19-17-30/h3-11,23H,2,12-19H2,1H3,(H,27,31). The Labute approximate surface area is 205 Å². The van der Waals surface area contributed by atoms with Gasteiger partial charge in [-0.05, 0) is 24.6 Å². The summed E-state index contributed by atoms with van der Waals surface area (Å²) in [5, 5.41) is 3.03. The van der Waals surface area contributed by atoms with Gasteiger partial charge < -0.3 is 24.6 Å². The second-order valence-corrected chi connectivity index (χ2v) is 8.46. The lowest BCUT2D eigenvalue weighted by Crippen LogP contribution is -2.56. The van der Waals surface area contributed by atoms with E-state index in [0.717, 1.165) is 5.56 Å². The van der Waals surface area contributed by atoms with Gasteiger partial charge in [0, 0.05) is 39.3 Å². The van der Waals surface area contributed by atoms with E-state index in [-0.39, 0.29) is 5.91 Å². The van der Waals surface area contributed by atoms with Gasteiger partial charge in [-0.2, -0.15) is 0 Å². The Morgan fingerprint density at radius 3 is 2.11 bits per heavy atom. The van der Waals surface area contributed by atoms with Gasteiger partial charge in [-0.25, -0.2) is 0 Å². The lowest BCUT2D eigenvalue weighted by atomic mass is 10.0. The maximum Gasteiger partial charge on any atom is 0.312 e. The number of nitrogens with zero attached hydrogens (tertiary/aromatic N) is 3. The molecule has 3 amide bonds. The van der Waals surface area contributed by atoms with Gasteiger partial charge in [0.15, 0.2) is 0 Å². The summed E-state index contributed by atoms with van der Waals surface area (Å²) in [5.74, 6) is -0.524. The van der Waals surface area contributed by atoms with Gasteiger partial charge in [-0.15, -0.1) is 0 Å². The molecule has 0 spiro atoms. The summed E-state index contributed by atoms with van der Waals surface area (Å²) in [4.78, 5) is 44.1. The highest BCUT2D eigenvalue weighted by Crippen LogP contribution is 2.28. The highest BCUT2D eigenvalue weighted by Gasteiger charge is 2.35. The quantitative estimate of drug-likeness (QED) is 0.634. The minimum atomic E-state index is -0.543. The lowest BCUT2D eigenvalue weighted by molar-refractivity contribution is -0.155. The minimum Gasteiger partial charge on any atom is -0.492 e. The molecule has 0 saturated carbocycles. The first kappa shape index (κ1) is 24.7. The molecule has 2 heterocycles. The van der Waals surface area contributed by atoms with Gasteiger partial charge in [0.25, 0.3) is 0 Å². The molecule has 1 N–H and O–H groups in total. The Bertz CT molecular complexity index is 1020. The van der Waals surface area contributed by atoms with E-state index in [0.29, 0.717) is 70.5 Å². The number of benzene rings is 2. The number of carbonyl (C=O) groups is 3. The number of ether oxygens (including phenoxy) is 2. The molecular weight excluding hydrogens is 448 g/mol. The minimum absolute atomic E-state index is 0.174. The van der Waals surface area contributed by atoms with Crippen LogP contribution in [0.15, 0.2) is 54.6 Å². The molecule has 2 aliphatic heterocycles. The Balaban J connectivity index is 1.45. The van der Waals surface area contributed by atoms with E-state index in [9.17, 15) is 14.4 Å². The average Bonchev–Trinajstić information content (AvgIpc) is 2.91. The highest BCUT2D eigenvalue weighted by atomic mass is 16.5. The Hall–Kier alpha value is -3.43. The number of nitrogens with one attached hydrogen (secondary N) is 1. The van der Waals surface area contributed by atoms with Gasteiger partial charge >= 0.3 is 11.8 Å². The highest BCUT2D eigenvalue weighted by molar-refractivity contribution is 6.34. The van der Waals surface area contributed by atoms with Crippen molar-refractivity contribution < 1.29 is 23.9 Å². The molecule has 2 aliphatic rings. The number of morpholine rings is 1. The van der Waals surface area contributed by atoms with Crippen LogP contribution in [-0.2, 0) is 19.1 Å². The first-order chi connectivity index (χ1) is 17.1. The summed E-state index contributed by atoms with van der Waals surface area (Å²) in [5.41, 5.74) is 1.48. The molecule has 0 bridgehead atoms. The van der Waals surface area contributed by atoms with Crippen molar-refractivity contribution in [2.45, 2.75) is 13.0 Å². The third kappa shape index (κ3) is 5.98. The van der Waals surface area contributed by atoms with Crippen molar-refractivity contribution in [1.82, 2.24) is 14.7 Å². The molecule has 35 heavy (non-hydrogen) atoms. The number of para-hydroxylation sites is 2. The van der Waals surface area contributed by atoms with Crippen molar-refractivity contribution in [2.75, 3.05) is 64.4 Å². The fourth-order valence-electron chi connectivity index (χ4n) is 4.44. The van der Waals surface area contributed by atoms with Gasteiger partial charge in [-0.3, -0.25) is 19.3 Å². The molecule has 2 aromatic rings. The predicted octanol–water partition coefficient (Wildman–Crippen LogP) is 1.77. The van der Waals surface area contributed by atoms with E-state index >= 15 is 0 Å². The fraction of sp³-hybridized carbons (Fsp3) is 0.423. The Morgan fingerprint density at radius 2 is 1.46 bits per heavy atom. The zero-order valence-corrected chi connectivity index (χ0v) is 20.0. The van der Waals surface area contributed by atoms with Crippen molar-refractivity contribution >= 4 is 23.4 Å². The van der Waals surface area contributed by atoms with E-state index < -0.39 is 17.9 Å². The lowest BCUT2D eigenvalue weighted by Gasteiger charge is -2.39. The van der Waals surface area contributed by atoms with E-state index in [1.165, 1.54) is 0 Å². The fourth-order valence-corrected chi connectivity index (χ4v) is 4.44. The second-order valence-electron chi connectivity index (χ2n) is 8.46. The molecular formula is C26H32N4O5.